The topological polar surface area (TPSA) is 118 Å². The van der Waals surface area contributed by atoms with Crippen molar-refractivity contribution < 1.29 is 46.1 Å². The fourth-order valence-electron chi connectivity index (χ4n) is 6.22. The minimum absolute atomic E-state index is 0.0682. The zero-order valence-corrected chi connectivity index (χ0v) is 28.1. The molecule has 8 nitrogen and oxygen atoms in total. The molecule has 0 spiro atoms. The number of hydrogen-bond donors (Lipinski definition) is 3. The molecule has 0 aliphatic heterocycles. The molecule has 0 atom stereocenters. The SMILES string of the molecule is Cc1ccc(S(=O)(=O)N(CC(=O)N(Cc2ccc(C3CCCCC3)cc2)c2ccc(C(O)O)c(O)c2)Cc2ccc(F)cc2C(F)(F)F)cc1. The predicted molar refractivity (Wildman–Crippen MR) is 179 cm³/mol. The van der Waals surface area contributed by atoms with Crippen LogP contribution in [0.3, 0.4) is 0 Å². The second kappa shape index (κ2) is 15.3. The maximum atomic E-state index is 14.2. The minimum atomic E-state index is -5.02. The summed E-state index contributed by atoms with van der Waals surface area (Å²) in [5, 5.41) is 29.8. The zero-order chi connectivity index (χ0) is 36.2. The highest BCUT2D eigenvalue weighted by Crippen LogP contribution is 2.36. The summed E-state index contributed by atoms with van der Waals surface area (Å²) in [6.45, 7) is -0.243. The van der Waals surface area contributed by atoms with Crippen LogP contribution in [-0.4, -0.2) is 40.5 Å². The summed E-state index contributed by atoms with van der Waals surface area (Å²) >= 11 is 0. The van der Waals surface area contributed by atoms with E-state index in [-0.39, 0.29) is 28.8 Å². The van der Waals surface area contributed by atoms with Crippen LogP contribution >= 0.6 is 0 Å². The van der Waals surface area contributed by atoms with E-state index in [0.717, 1.165) is 59.9 Å². The first kappa shape index (κ1) is 37.0. The Labute approximate surface area is 288 Å². The van der Waals surface area contributed by atoms with Crippen molar-refractivity contribution in [3.05, 3.63) is 124 Å². The Bertz CT molecular complexity index is 1910. The lowest BCUT2D eigenvalue weighted by atomic mass is 9.84. The lowest BCUT2D eigenvalue weighted by Gasteiger charge is -2.29. The van der Waals surface area contributed by atoms with Crippen LogP contribution in [0, 0.1) is 12.7 Å². The Morgan fingerprint density at radius 2 is 1.54 bits per heavy atom. The standard InChI is InChI=1S/C37H38F4N2O6S/c1-24-7-16-31(17-8-24)50(48,49)42(22-28-13-14-29(38)19-33(28)37(39,40)41)23-35(45)43(30-15-18-32(36(46)47)34(44)20-30)21-25-9-11-27(12-10-25)26-5-3-2-4-6-26/h7-20,26,36,44,46-47H,2-6,21-23H2,1H3. The number of sulfonamides is 1. The molecular weight excluding hydrogens is 676 g/mol. The number of amides is 1. The molecule has 5 rings (SSSR count). The van der Waals surface area contributed by atoms with Gasteiger partial charge in [0.15, 0.2) is 6.29 Å². The normalized spacial score (nSPS) is 14.3. The highest BCUT2D eigenvalue weighted by Gasteiger charge is 2.37. The van der Waals surface area contributed by atoms with Gasteiger partial charge in [-0.1, -0.05) is 67.3 Å². The number of aryl methyl sites for hydroxylation is 1. The molecule has 1 aliphatic rings. The fraction of sp³-hybridized carbons (Fsp3) is 0.324. The molecule has 1 fully saturated rings. The number of carbonyl (C=O) groups is 1. The molecular formula is C37H38F4N2O6S. The molecule has 1 saturated carbocycles. The Balaban J connectivity index is 1.54. The highest BCUT2D eigenvalue weighted by atomic mass is 32.2. The summed E-state index contributed by atoms with van der Waals surface area (Å²) in [5.41, 5.74) is 0.408. The number of benzene rings is 4. The number of alkyl halides is 3. The van der Waals surface area contributed by atoms with Crippen LogP contribution in [-0.2, 0) is 34.1 Å². The molecule has 50 heavy (non-hydrogen) atoms. The number of nitrogens with zero attached hydrogens (tertiary/aromatic N) is 2. The summed E-state index contributed by atoms with van der Waals surface area (Å²) < 4.78 is 84.6. The van der Waals surface area contributed by atoms with E-state index in [1.807, 2.05) is 24.3 Å². The molecule has 13 heteroatoms. The first-order valence-electron chi connectivity index (χ1n) is 16.1. The van der Waals surface area contributed by atoms with Crippen molar-refractivity contribution in [1.29, 1.82) is 0 Å². The van der Waals surface area contributed by atoms with Gasteiger partial charge in [0, 0.05) is 23.9 Å². The van der Waals surface area contributed by atoms with Gasteiger partial charge in [0.1, 0.15) is 11.6 Å². The number of carbonyl (C=O) groups excluding carboxylic acids is 1. The molecule has 0 unspecified atom stereocenters. The maximum Gasteiger partial charge on any atom is 0.416 e. The Kier molecular flexibility index (Phi) is 11.3. The van der Waals surface area contributed by atoms with E-state index >= 15 is 0 Å². The van der Waals surface area contributed by atoms with E-state index in [0.29, 0.717) is 15.8 Å². The van der Waals surface area contributed by atoms with Gasteiger partial charge in [0.2, 0.25) is 15.9 Å². The van der Waals surface area contributed by atoms with Gasteiger partial charge in [-0.15, -0.1) is 0 Å². The summed E-state index contributed by atoms with van der Waals surface area (Å²) in [4.78, 5) is 15.1. The van der Waals surface area contributed by atoms with Crippen molar-refractivity contribution in [3.8, 4) is 5.75 Å². The molecule has 1 amide bonds. The lowest BCUT2D eigenvalue weighted by Crippen LogP contribution is -2.42. The average molecular weight is 715 g/mol. The van der Waals surface area contributed by atoms with Gasteiger partial charge in [-0.3, -0.25) is 4.79 Å². The molecule has 0 aromatic heterocycles. The molecule has 266 valence electrons. The number of aliphatic hydroxyl groups excluding tert-OH is 1. The molecule has 0 saturated heterocycles. The van der Waals surface area contributed by atoms with E-state index in [1.165, 1.54) is 42.8 Å². The van der Waals surface area contributed by atoms with Crippen molar-refractivity contribution in [2.24, 2.45) is 0 Å². The Morgan fingerprint density at radius 1 is 0.880 bits per heavy atom. The number of aromatic hydroxyl groups is 1. The smallest absolute Gasteiger partial charge is 0.416 e. The highest BCUT2D eigenvalue weighted by molar-refractivity contribution is 7.89. The second-order valence-electron chi connectivity index (χ2n) is 12.6. The van der Waals surface area contributed by atoms with Crippen molar-refractivity contribution in [1.82, 2.24) is 4.31 Å². The molecule has 4 aromatic rings. The Hall–Kier alpha value is -4.30. The van der Waals surface area contributed by atoms with Gasteiger partial charge >= 0.3 is 6.18 Å². The van der Waals surface area contributed by atoms with Gasteiger partial charge in [-0.2, -0.15) is 17.5 Å². The van der Waals surface area contributed by atoms with E-state index in [1.54, 1.807) is 6.92 Å². The first-order chi connectivity index (χ1) is 23.6. The largest absolute Gasteiger partial charge is 0.507 e. The van der Waals surface area contributed by atoms with E-state index in [4.69, 9.17) is 0 Å². The van der Waals surface area contributed by atoms with Crippen LogP contribution in [0.15, 0.2) is 89.8 Å². The van der Waals surface area contributed by atoms with Gasteiger partial charge in [0.05, 0.1) is 23.5 Å². The van der Waals surface area contributed by atoms with Gasteiger partial charge in [-0.25, -0.2) is 12.8 Å². The first-order valence-corrected chi connectivity index (χ1v) is 17.6. The number of halogens is 4. The molecule has 4 aromatic carbocycles. The van der Waals surface area contributed by atoms with Gasteiger partial charge < -0.3 is 20.2 Å². The summed E-state index contributed by atoms with van der Waals surface area (Å²) in [7, 11) is -4.61. The lowest BCUT2D eigenvalue weighted by molar-refractivity contribution is -0.138. The van der Waals surface area contributed by atoms with Crippen LogP contribution in [0.5, 0.6) is 5.75 Å². The number of phenols is 1. The monoisotopic (exact) mass is 714 g/mol. The van der Waals surface area contributed by atoms with E-state index in [9.17, 15) is 46.1 Å². The third-order valence-corrected chi connectivity index (χ3v) is 10.8. The van der Waals surface area contributed by atoms with Crippen LogP contribution in [0.4, 0.5) is 23.2 Å². The van der Waals surface area contributed by atoms with Crippen molar-refractivity contribution in [3.63, 3.8) is 0 Å². The predicted octanol–water partition coefficient (Wildman–Crippen LogP) is 7.31. The maximum absolute atomic E-state index is 14.2. The van der Waals surface area contributed by atoms with Crippen molar-refractivity contribution in [2.75, 3.05) is 11.4 Å². The molecule has 1 aliphatic carbocycles. The summed E-state index contributed by atoms with van der Waals surface area (Å²) in [5.74, 6) is -2.15. The van der Waals surface area contributed by atoms with Gasteiger partial charge in [0.25, 0.3) is 0 Å². The molecule has 0 radical (unpaired) electrons. The fourth-order valence-corrected chi connectivity index (χ4v) is 7.58. The van der Waals surface area contributed by atoms with Crippen LogP contribution in [0.2, 0.25) is 0 Å². The quantitative estimate of drug-likeness (QED) is 0.111. The molecule has 3 N–H and O–H groups in total. The second-order valence-corrected chi connectivity index (χ2v) is 14.5. The van der Waals surface area contributed by atoms with Crippen LogP contribution in [0.1, 0.15) is 77.7 Å². The summed E-state index contributed by atoms with van der Waals surface area (Å²) in [6.07, 6.45) is -1.42. The molecule has 0 bridgehead atoms. The minimum Gasteiger partial charge on any atom is -0.507 e. The van der Waals surface area contributed by atoms with Crippen LogP contribution < -0.4 is 4.90 Å². The number of rotatable bonds is 11. The number of hydrogen-bond acceptors (Lipinski definition) is 6. The van der Waals surface area contributed by atoms with Gasteiger partial charge in [-0.05, 0) is 78.8 Å². The third kappa shape index (κ3) is 8.70. The average Bonchev–Trinajstić information content (AvgIpc) is 3.07. The van der Waals surface area contributed by atoms with Crippen molar-refractivity contribution >= 4 is 21.6 Å². The zero-order valence-electron chi connectivity index (χ0n) is 27.3. The Morgan fingerprint density at radius 3 is 2.14 bits per heavy atom. The number of aliphatic hydroxyl groups is 2. The number of phenolic OH excluding ortho intramolecular Hbond substituents is 1. The molecule has 0 heterocycles. The van der Waals surface area contributed by atoms with E-state index < -0.39 is 64.2 Å². The number of anilines is 1. The van der Waals surface area contributed by atoms with E-state index in [2.05, 4.69) is 0 Å². The summed E-state index contributed by atoms with van der Waals surface area (Å²) in [6, 6.07) is 18.7. The third-order valence-electron chi connectivity index (χ3n) is 9.00. The van der Waals surface area contributed by atoms with Crippen LogP contribution in [0.25, 0.3) is 0 Å². The van der Waals surface area contributed by atoms with Crippen molar-refractivity contribution in [2.45, 2.75) is 75.4 Å².